The molecule has 1 aliphatic heterocycles. The van der Waals surface area contributed by atoms with E-state index in [2.05, 4.69) is 15.3 Å². The fourth-order valence-corrected chi connectivity index (χ4v) is 2.55. The topological polar surface area (TPSA) is 37.8 Å². The molecule has 2 fully saturated rings. The van der Waals surface area contributed by atoms with Gasteiger partial charge in [-0.1, -0.05) is 0 Å². The summed E-state index contributed by atoms with van der Waals surface area (Å²) in [5, 5.41) is 2.77. The van der Waals surface area contributed by atoms with Crippen LogP contribution in [-0.2, 0) is 0 Å². The second kappa shape index (κ2) is 2.72. The van der Waals surface area contributed by atoms with Gasteiger partial charge >= 0.3 is 0 Å². The first-order valence-corrected chi connectivity index (χ1v) is 5.00. The maximum Gasteiger partial charge on any atom is 0.267 e. The van der Waals surface area contributed by atoms with E-state index in [0.717, 1.165) is 5.69 Å². The van der Waals surface area contributed by atoms with E-state index >= 15 is 0 Å². The van der Waals surface area contributed by atoms with Gasteiger partial charge in [-0.3, -0.25) is 0 Å². The van der Waals surface area contributed by atoms with E-state index in [0.29, 0.717) is 13.0 Å². The van der Waals surface area contributed by atoms with Crippen LogP contribution in [0.2, 0.25) is 0 Å². The average Bonchev–Trinajstić information content (AvgIpc) is 2.88. The normalized spacial score (nSPS) is 37.1. The monoisotopic (exact) mass is 211 g/mol. The molecule has 1 N–H and O–H groups in total. The first-order chi connectivity index (χ1) is 7.16. The summed E-state index contributed by atoms with van der Waals surface area (Å²) in [6.07, 6.45) is 3.56. The van der Waals surface area contributed by atoms with Gasteiger partial charge in [0.1, 0.15) is 6.33 Å². The van der Waals surface area contributed by atoms with Gasteiger partial charge in [-0.15, -0.1) is 0 Å². The summed E-state index contributed by atoms with van der Waals surface area (Å²) in [4.78, 5) is 7.85. The molecule has 5 heteroatoms. The molecular weight excluding hydrogens is 200 g/mol. The van der Waals surface area contributed by atoms with E-state index in [4.69, 9.17) is 0 Å². The molecule has 2 aliphatic rings. The molecule has 0 aromatic carbocycles. The highest BCUT2D eigenvalue weighted by atomic mass is 19.3. The highest BCUT2D eigenvalue weighted by Crippen LogP contribution is 2.67. The molecule has 80 valence electrons. The van der Waals surface area contributed by atoms with Gasteiger partial charge in [-0.05, 0) is 12.5 Å². The van der Waals surface area contributed by atoms with Gasteiger partial charge in [0.2, 0.25) is 0 Å². The average molecular weight is 211 g/mol. The van der Waals surface area contributed by atoms with Crippen LogP contribution in [0.4, 0.5) is 8.78 Å². The first kappa shape index (κ1) is 9.15. The number of hydrogen-bond donors (Lipinski definition) is 1. The van der Waals surface area contributed by atoms with Crippen LogP contribution in [0.5, 0.6) is 0 Å². The molecule has 2 unspecified atom stereocenters. The van der Waals surface area contributed by atoms with Crippen LogP contribution in [0.3, 0.4) is 0 Å². The number of aromatic nitrogens is 2. The van der Waals surface area contributed by atoms with Crippen LogP contribution in [0.25, 0.3) is 0 Å². The van der Waals surface area contributed by atoms with Crippen LogP contribution in [-0.4, -0.2) is 29.0 Å². The maximum absolute atomic E-state index is 13.6. The zero-order chi connectivity index (χ0) is 10.5. The standard InChI is InChI=1S/C10H11F2N3/c11-10(12)5-14-4-9(10)3-7(9)8-1-2-13-6-15-8/h1-2,6-7,14H,3-5H2. The molecule has 3 nitrogen and oxygen atoms in total. The molecule has 0 bridgehead atoms. The number of rotatable bonds is 1. The lowest BCUT2D eigenvalue weighted by atomic mass is 9.97. The zero-order valence-electron chi connectivity index (χ0n) is 8.08. The maximum atomic E-state index is 13.6. The van der Waals surface area contributed by atoms with Crippen molar-refractivity contribution in [3.63, 3.8) is 0 Å². The van der Waals surface area contributed by atoms with E-state index in [1.165, 1.54) is 6.33 Å². The lowest BCUT2D eigenvalue weighted by Gasteiger charge is -2.17. The van der Waals surface area contributed by atoms with Crippen LogP contribution >= 0.6 is 0 Å². The van der Waals surface area contributed by atoms with Gasteiger partial charge in [-0.25, -0.2) is 18.7 Å². The van der Waals surface area contributed by atoms with E-state index in [1.807, 2.05) is 0 Å². The molecule has 3 rings (SSSR count). The van der Waals surface area contributed by atoms with Crippen molar-refractivity contribution in [1.29, 1.82) is 0 Å². The molecule has 15 heavy (non-hydrogen) atoms. The Morgan fingerprint density at radius 3 is 2.87 bits per heavy atom. The molecule has 1 spiro atoms. The van der Waals surface area contributed by atoms with Gasteiger partial charge in [-0.2, -0.15) is 0 Å². The third kappa shape index (κ3) is 1.13. The van der Waals surface area contributed by atoms with E-state index < -0.39 is 11.3 Å². The Bertz CT molecular complexity index is 382. The minimum absolute atomic E-state index is 0.106. The van der Waals surface area contributed by atoms with E-state index in [9.17, 15) is 8.78 Å². The Morgan fingerprint density at radius 2 is 2.27 bits per heavy atom. The molecule has 1 aromatic rings. The minimum atomic E-state index is -2.59. The van der Waals surface area contributed by atoms with Gasteiger partial charge in [0.25, 0.3) is 5.92 Å². The smallest absolute Gasteiger partial charge is 0.267 e. The van der Waals surface area contributed by atoms with Crippen molar-refractivity contribution in [2.45, 2.75) is 18.3 Å². The lowest BCUT2D eigenvalue weighted by molar-refractivity contribution is -0.0370. The minimum Gasteiger partial charge on any atom is -0.310 e. The predicted molar refractivity (Wildman–Crippen MR) is 49.6 cm³/mol. The van der Waals surface area contributed by atoms with Crippen LogP contribution < -0.4 is 5.32 Å². The number of nitrogens with one attached hydrogen (secondary N) is 1. The molecule has 0 amide bonds. The molecule has 1 saturated carbocycles. The van der Waals surface area contributed by atoms with Crippen LogP contribution in [0.1, 0.15) is 18.0 Å². The van der Waals surface area contributed by atoms with Crippen molar-refractivity contribution >= 4 is 0 Å². The van der Waals surface area contributed by atoms with Crippen molar-refractivity contribution in [2.24, 2.45) is 5.41 Å². The molecule has 1 saturated heterocycles. The number of alkyl halides is 2. The Morgan fingerprint density at radius 1 is 1.40 bits per heavy atom. The second-order valence-electron chi connectivity index (χ2n) is 4.36. The summed E-state index contributed by atoms with van der Waals surface area (Å²) >= 11 is 0. The first-order valence-electron chi connectivity index (χ1n) is 5.00. The second-order valence-corrected chi connectivity index (χ2v) is 4.36. The number of hydrogen-bond acceptors (Lipinski definition) is 3. The number of nitrogens with zero attached hydrogens (tertiary/aromatic N) is 2. The quantitative estimate of drug-likeness (QED) is 0.758. The molecule has 2 heterocycles. The fraction of sp³-hybridized carbons (Fsp3) is 0.600. The summed E-state index contributed by atoms with van der Waals surface area (Å²) in [5.74, 6) is -2.70. The van der Waals surface area contributed by atoms with Crippen molar-refractivity contribution in [1.82, 2.24) is 15.3 Å². The Hall–Kier alpha value is -1.10. The Labute approximate surface area is 85.9 Å². The molecular formula is C10H11F2N3. The zero-order valence-corrected chi connectivity index (χ0v) is 8.08. The lowest BCUT2D eigenvalue weighted by Crippen LogP contribution is -2.29. The molecule has 1 aliphatic carbocycles. The van der Waals surface area contributed by atoms with Crippen molar-refractivity contribution in [2.75, 3.05) is 13.1 Å². The van der Waals surface area contributed by atoms with Gasteiger partial charge < -0.3 is 5.32 Å². The number of halogens is 2. The van der Waals surface area contributed by atoms with Crippen LogP contribution in [0, 0.1) is 5.41 Å². The van der Waals surface area contributed by atoms with Gasteiger partial charge in [0, 0.05) is 24.4 Å². The van der Waals surface area contributed by atoms with Gasteiger partial charge in [0.05, 0.1) is 12.0 Å². The Balaban J connectivity index is 1.90. The van der Waals surface area contributed by atoms with E-state index in [-0.39, 0.29) is 12.5 Å². The SMILES string of the molecule is FC1(F)CNCC12CC2c1ccncn1. The summed E-state index contributed by atoms with van der Waals surface area (Å²) in [6.45, 7) is 0.198. The van der Waals surface area contributed by atoms with Crippen molar-refractivity contribution in [3.05, 3.63) is 24.3 Å². The van der Waals surface area contributed by atoms with E-state index in [1.54, 1.807) is 12.3 Å². The van der Waals surface area contributed by atoms with Crippen molar-refractivity contribution in [3.8, 4) is 0 Å². The van der Waals surface area contributed by atoms with Gasteiger partial charge in [0.15, 0.2) is 0 Å². The molecule has 0 radical (unpaired) electrons. The van der Waals surface area contributed by atoms with Crippen LogP contribution in [0.15, 0.2) is 18.6 Å². The fourth-order valence-electron chi connectivity index (χ4n) is 2.55. The third-order valence-electron chi connectivity index (χ3n) is 3.55. The summed E-state index contributed by atoms with van der Waals surface area (Å²) in [5.41, 5.74) is -0.130. The predicted octanol–water partition coefficient (Wildman–Crippen LogP) is 1.19. The molecule has 1 aromatic heterocycles. The highest BCUT2D eigenvalue weighted by Gasteiger charge is 2.72. The Kier molecular flexibility index (Phi) is 1.66. The highest BCUT2D eigenvalue weighted by molar-refractivity contribution is 5.29. The molecule has 2 atom stereocenters. The summed E-state index contributed by atoms with van der Waals surface area (Å²) < 4.78 is 27.2. The largest absolute Gasteiger partial charge is 0.310 e. The summed E-state index contributed by atoms with van der Waals surface area (Å²) in [7, 11) is 0. The van der Waals surface area contributed by atoms with Crippen molar-refractivity contribution < 1.29 is 8.78 Å². The summed E-state index contributed by atoms with van der Waals surface area (Å²) in [6, 6.07) is 1.73. The third-order valence-corrected chi connectivity index (χ3v) is 3.55.